The van der Waals surface area contributed by atoms with E-state index in [2.05, 4.69) is 15.3 Å². The zero-order valence-electron chi connectivity index (χ0n) is 14.6. The third-order valence-corrected chi connectivity index (χ3v) is 4.30. The van der Waals surface area contributed by atoms with Crippen molar-refractivity contribution in [3.8, 4) is 5.88 Å². The molecular formula is C16H17F3N3O4S-. The Bertz CT molecular complexity index is 823. The molecule has 1 heterocycles. The number of alkyl halides is 3. The van der Waals surface area contributed by atoms with Gasteiger partial charge in [0, 0.05) is 16.8 Å². The number of aromatic nitrogens is 2. The summed E-state index contributed by atoms with van der Waals surface area (Å²) in [5.41, 5.74) is -2.21. The molecule has 2 rings (SSSR count). The maximum Gasteiger partial charge on any atom is 0.423 e. The molecule has 1 unspecified atom stereocenters. The number of hydrogen-bond acceptors (Lipinski definition) is 7. The van der Waals surface area contributed by atoms with Crippen LogP contribution in [0.2, 0.25) is 0 Å². The second kappa shape index (κ2) is 7.79. The van der Waals surface area contributed by atoms with Crippen LogP contribution in [0.25, 0.3) is 0 Å². The lowest BCUT2D eigenvalue weighted by Gasteiger charge is -2.27. The first-order valence-corrected chi connectivity index (χ1v) is 8.75. The van der Waals surface area contributed by atoms with E-state index in [1.165, 1.54) is 45.0 Å². The molecule has 0 aliphatic carbocycles. The summed E-state index contributed by atoms with van der Waals surface area (Å²) in [6.45, 7) is 4.21. The SMILES string of the molecule is C[C@@H](Oc1nc(Nc2ccc(S(=O)[O-])cc2)ncc1C(F)(F)F)C(C)(C)O. The minimum atomic E-state index is -4.74. The van der Waals surface area contributed by atoms with Crippen LogP contribution in [0.5, 0.6) is 5.88 Å². The molecule has 2 atom stereocenters. The van der Waals surface area contributed by atoms with Gasteiger partial charge in [-0.05, 0) is 56.1 Å². The third kappa shape index (κ3) is 5.62. The van der Waals surface area contributed by atoms with Crippen LogP contribution in [0.4, 0.5) is 24.8 Å². The lowest BCUT2D eigenvalue weighted by Crippen LogP contribution is -2.38. The number of halogens is 3. The van der Waals surface area contributed by atoms with Gasteiger partial charge in [-0.15, -0.1) is 0 Å². The maximum atomic E-state index is 13.2. The van der Waals surface area contributed by atoms with Gasteiger partial charge in [0.1, 0.15) is 11.7 Å². The van der Waals surface area contributed by atoms with Gasteiger partial charge in [0.2, 0.25) is 11.8 Å². The standard InChI is InChI=1S/C16H18F3N3O4S/c1-9(15(2,3)23)26-13-12(16(17,18)19)8-20-14(22-13)21-10-4-6-11(7-5-10)27(24)25/h4-9,23H,1-3H3,(H,24,25)(H,20,21,22)/p-1/t9-/m1/s1. The predicted octanol–water partition coefficient (Wildman–Crippen LogP) is 3.02. The van der Waals surface area contributed by atoms with Crippen molar-refractivity contribution >= 4 is 22.7 Å². The van der Waals surface area contributed by atoms with E-state index < -0.39 is 40.4 Å². The fraction of sp³-hybridized carbons (Fsp3) is 0.375. The number of nitrogens with zero attached hydrogens (tertiary/aromatic N) is 2. The van der Waals surface area contributed by atoms with Crippen LogP contribution in [0.1, 0.15) is 26.3 Å². The summed E-state index contributed by atoms with van der Waals surface area (Å²) in [7, 11) is 0. The summed E-state index contributed by atoms with van der Waals surface area (Å²) in [4.78, 5) is 7.42. The molecule has 7 nitrogen and oxygen atoms in total. The van der Waals surface area contributed by atoms with Crippen molar-refractivity contribution in [2.75, 3.05) is 5.32 Å². The van der Waals surface area contributed by atoms with Gasteiger partial charge < -0.3 is 19.7 Å². The summed E-state index contributed by atoms with van der Waals surface area (Å²) in [5.74, 6) is -0.913. The van der Waals surface area contributed by atoms with Gasteiger partial charge in [-0.3, -0.25) is 4.21 Å². The third-order valence-electron chi connectivity index (χ3n) is 3.65. The number of benzene rings is 1. The number of ether oxygens (including phenoxy) is 1. The second-order valence-corrected chi connectivity index (χ2v) is 7.15. The molecule has 0 saturated carbocycles. The predicted molar refractivity (Wildman–Crippen MR) is 90.3 cm³/mol. The van der Waals surface area contributed by atoms with Crippen LogP contribution in [0.15, 0.2) is 35.4 Å². The Morgan fingerprint density at radius 3 is 2.33 bits per heavy atom. The van der Waals surface area contributed by atoms with Crippen molar-refractivity contribution in [1.82, 2.24) is 9.97 Å². The number of rotatable bonds is 6. The minimum Gasteiger partial charge on any atom is -0.768 e. The van der Waals surface area contributed by atoms with Crippen molar-refractivity contribution < 1.29 is 31.8 Å². The van der Waals surface area contributed by atoms with E-state index in [1.807, 2.05) is 0 Å². The average Bonchev–Trinajstić information content (AvgIpc) is 2.53. The first kappa shape index (κ1) is 21.1. The van der Waals surface area contributed by atoms with Crippen molar-refractivity contribution in [3.05, 3.63) is 36.0 Å². The fourth-order valence-corrected chi connectivity index (χ4v) is 2.16. The smallest absolute Gasteiger partial charge is 0.423 e. The molecule has 0 aliphatic rings. The first-order chi connectivity index (χ1) is 12.4. The van der Waals surface area contributed by atoms with Gasteiger partial charge in [-0.2, -0.15) is 18.2 Å². The highest BCUT2D eigenvalue weighted by molar-refractivity contribution is 7.79. The molecule has 0 spiro atoms. The Morgan fingerprint density at radius 1 is 1.26 bits per heavy atom. The van der Waals surface area contributed by atoms with Crippen LogP contribution < -0.4 is 10.1 Å². The van der Waals surface area contributed by atoms with Crippen molar-refractivity contribution in [3.63, 3.8) is 0 Å². The largest absolute Gasteiger partial charge is 0.768 e. The Morgan fingerprint density at radius 2 is 1.85 bits per heavy atom. The van der Waals surface area contributed by atoms with E-state index in [0.29, 0.717) is 11.9 Å². The van der Waals surface area contributed by atoms with Crippen molar-refractivity contribution in [2.45, 2.75) is 43.5 Å². The number of aliphatic hydroxyl groups is 1. The van der Waals surface area contributed by atoms with Crippen LogP contribution in [0, 0.1) is 0 Å². The Kier molecular flexibility index (Phi) is 6.07. The van der Waals surface area contributed by atoms with E-state index in [-0.39, 0.29) is 10.8 Å². The zero-order chi connectivity index (χ0) is 20.4. The Labute approximate surface area is 155 Å². The van der Waals surface area contributed by atoms with Crippen LogP contribution in [-0.4, -0.2) is 35.5 Å². The number of anilines is 2. The second-order valence-electron chi connectivity index (χ2n) is 6.21. The molecule has 2 aromatic rings. The summed E-state index contributed by atoms with van der Waals surface area (Å²) < 4.78 is 66.4. The summed E-state index contributed by atoms with van der Waals surface area (Å²) in [6.07, 6.45) is -5.15. The highest BCUT2D eigenvalue weighted by Crippen LogP contribution is 2.36. The molecule has 0 radical (unpaired) electrons. The summed E-state index contributed by atoms with van der Waals surface area (Å²) in [5, 5.41) is 12.6. The maximum absolute atomic E-state index is 13.2. The molecule has 2 N–H and O–H groups in total. The topological polar surface area (TPSA) is 107 Å². The molecular weight excluding hydrogens is 387 g/mol. The van der Waals surface area contributed by atoms with Crippen molar-refractivity contribution in [2.24, 2.45) is 0 Å². The van der Waals surface area contributed by atoms with Crippen LogP contribution >= 0.6 is 0 Å². The summed E-state index contributed by atoms with van der Waals surface area (Å²) in [6, 6.07) is 5.44. The van der Waals surface area contributed by atoms with E-state index >= 15 is 0 Å². The Balaban J connectivity index is 2.32. The van der Waals surface area contributed by atoms with Gasteiger partial charge >= 0.3 is 6.18 Å². The average molecular weight is 404 g/mol. The van der Waals surface area contributed by atoms with E-state index in [1.54, 1.807) is 0 Å². The number of nitrogens with one attached hydrogen (secondary N) is 1. The van der Waals surface area contributed by atoms with Crippen LogP contribution in [-0.2, 0) is 17.3 Å². The molecule has 0 saturated heterocycles. The molecule has 1 aromatic carbocycles. The van der Waals surface area contributed by atoms with Gasteiger partial charge in [-0.1, -0.05) is 0 Å². The minimum absolute atomic E-state index is 0.0527. The zero-order valence-corrected chi connectivity index (χ0v) is 15.4. The molecule has 27 heavy (non-hydrogen) atoms. The lowest BCUT2D eigenvalue weighted by atomic mass is 10.0. The quantitative estimate of drug-likeness (QED) is 0.713. The Hall–Kier alpha value is -2.24. The molecule has 148 valence electrons. The van der Waals surface area contributed by atoms with Gasteiger partial charge in [0.15, 0.2) is 0 Å². The van der Waals surface area contributed by atoms with E-state index in [4.69, 9.17) is 4.74 Å². The molecule has 11 heteroatoms. The van der Waals surface area contributed by atoms with E-state index in [9.17, 15) is 27.0 Å². The lowest BCUT2D eigenvalue weighted by molar-refractivity contribution is -0.141. The van der Waals surface area contributed by atoms with E-state index in [0.717, 1.165) is 0 Å². The molecule has 0 fully saturated rings. The van der Waals surface area contributed by atoms with Crippen LogP contribution in [0.3, 0.4) is 0 Å². The molecule has 0 amide bonds. The first-order valence-electron chi connectivity index (χ1n) is 7.67. The molecule has 0 bridgehead atoms. The normalized spacial score (nSPS) is 14.5. The summed E-state index contributed by atoms with van der Waals surface area (Å²) >= 11 is -2.39. The number of hydrogen-bond donors (Lipinski definition) is 2. The molecule has 1 aromatic heterocycles. The highest BCUT2D eigenvalue weighted by atomic mass is 32.2. The van der Waals surface area contributed by atoms with Gasteiger partial charge in [0.05, 0.1) is 5.60 Å². The van der Waals surface area contributed by atoms with Crippen molar-refractivity contribution in [1.29, 1.82) is 0 Å². The van der Waals surface area contributed by atoms with Gasteiger partial charge in [0.25, 0.3) is 0 Å². The highest BCUT2D eigenvalue weighted by Gasteiger charge is 2.38. The van der Waals surface area contributed by atoms with Gasteiger partial charge in [-0.25, -0.2) is 4.98 Å². The monoisotopic (exact) mass is 404 g/mol. The molecule has 0 aliphatic heterocycles. The fourth-order valence-electron chi connectivity index (χ4n) is 1.80.